The molecular weight excluding hydrogens is 384 g/mol. The number of aromatic amines is 1. The first-order valence-corrected chi connectivity index (χ1v) is 9.34. The highest BCUT2D eigenvalue weighted by Gasteiger charge is 2.18. The van der Waals surface area contributed by atoms with Gasteiger partial charge in [0, 0.05) is 14.1 Å². The Morgan fingerprint density at radius 3 is 2.53 bits per heavy atom. The second-order valence-corrected chi connectivity index (χ2v) is 7.02. The Morgan fingerprint density at radius 1 is 1.07 bits per heavy atom. The molecule has 0 aliphatic carbocycles. The van der Waals surface area contributed by atoms with Crippen molar-refractivity contribution in [2.45, 2.75) is 13.0 Å². The first-order chi connectivity index (χ1) is 14.4. The molecule has 0 saturated heterocycles. The van der Waals surface area contributed by atoms with E-state index in [9.17, 15) is 14.4 Å². The number of carbonyl (C=O) groups is 1. The molecule has 3 aromatic heterocycles. The van der Waals surface area contributed by atoms with Crippen LogP contribution < -0.4 is 16.6 Å². The van der Waals surface area contributed by atoms with E-state index in [0.29, 0.717) is 5.82 Å². The highest BCUT2D eigenvalue weighted by atomic mass is 16.2. The van der Waals surface area contributed by atoms with Crippen LogP contribution in [-0.2, 0) is 14.1 Å². The van der Waals surface area contributed by atoms with Crippen LogP contribution in [0.5, 0.6) is 0 Å². The Hall–Kier alpha value is -4.01. The lowest BCUT2D eigenvalue weighted by molar-refractivity contribution is 0.0933. The van der Waals surface area contributed by atoms with E-state index in [1.165, 1.54) is 30.8 Å². The number of hydrogen-bond acceptors (Lipinski definition) is 5. The number of benzene rings is 1. The normalized spacial score (nSPS) is 12.1. The molecule has 2 N–H and O–H groups in total. The van der Waals surface area contributed by atoms with Crippen LogP contribution in [0.25, 0.3) is 22.3 Å². The van der Waals surface area contributed by atoms with Crippen LogP contribution >= 0.6 is 0 Å². The van der Waals surface area contributed by atoms with Gasteiger partial charge in [-0.05, 0) is 24.6 Å². The Kier molecular flexibility index (Phi) is 4.78. The van der Waals surface area contributed by atoms with Gasteiger partial charge >= 0.3 is 5.69 Å². The van der Waals surface area contributed by atoms with Crippen molar-refractivity contribution in [3.63, 3.8) is 0 Å². The third kappa shape index (κ3) is 3.30. The molecule has 0 aliphatic rings. The second-order valence-electron chi connectivity index (χ2n) is 7.02. The van der Waals surface area contributed by atoms with Gasteiger partial charge < -0.3 is 10.3 Å². The van der Waals surface area contributed by atoms with Crippen molar-refractivity contribution in [2.75, 3.05) is 0 Å². The van der Waals surface area contributed by atoms with Gasteiger partial charge in [-0.25, -0.2) is 14.8 Å². The number of nitrogens with one attached hydrogen (secondary N) is 2. The minimum atomic E-state index is -0.505. The zero-order chi connectivity index (χ0) is 21.4. The van der Waals surface area contributed by atoms with E-state index in [0.717, 1.165) is 15.8 Å². The van der Waals surface area contributed by atoms with Gasteiger partial charge in [-0.3, -0.25) is 18.7 Å². The molecule has 0 aliphatic heterocycles. The van der Waals surface area contributed by atoms with Crippen LogP contribution in [0.2, 0.25) is 0 Å². The second kappa shape index (κ2) is 7.43. The fraction of sp³-hybridized carbons (Fsp3) is 0.190. The van der Waals surface area contributed by atoms with Gasteiger partial charge in [0.2, 0.25) is 0 Å². The molecule has 30 heavy (non-hydrogen) atoms. The summed E-state index contributed by atoms with van der Waals surface area (Å²) in [5.74, 6) is 0.166. The highest BCUT2D eigenvalue weighted by Crippen LogP contribution is 2.19. The third-order valence-electron chi connectivity index (χ3n) is 4.97. The summed E-state index contributed by atoms with van der Waals surface area (Å²) >= 11 is 0. The van der Waals surface area contributed by atoms with Crippen molar-refractivity contribution in [1.82, 2.24) is 29.4 Å². The number of imidazole rings is 1. The molecular formula is C21H20N6O3. The fourth-order valence-electron chi connectivity index (χ4n) is 3.24. The predicted molar refractivity (Wildman–Crippen MR) is 112 cm³/mol. The van der Waals surface area contributed by atoms with Crippen molar-refractivity contribution in [1.29, 1.82) is 0 Å². The Bertz CT molecular complexity index is 1370. The molecule has 0 fully saturated rings. The lowest BCUT2D eigenvalue weighted by Gasteiger charge is -2.12. The average molecular weight is 404 g/mol. The molecule has 1 amide bonds. The van der Waals surface area contributed by atoms with Crippen LogP contribution in [0.3, 0.4) is 0 Å². The summed E-state index contributed by atoms with van der Waals surface area (Å²) in [6, 6.07) is 12.3. The molecule has 1 unspecified atom stereocenters. The predicted octanol–water partition coefficient (Wildman–Crippen LogP) is 1.51. The van der Waals surface area contributed by atoms with E-state index < -0.39 is 23.2 Å². The van der Waals surface area contributed by atoms with Gasteiger partial charge in [-0.1, -0.05) is 30.3 Å². The number of aryl methyl sites for hydroxylation is 1. The van der Waals surface area contributed by atoms with Gasteiger partial charge in [0.05, 0.1) is 23.3 Å². The summed E-state index contributed by atoms with van der Waals surface area (Å²) in [5.41, 5.74) is 1.15. The van der Waals surface area contributed by atoms with E-state index in [4.69, 9.17) is 0 Å². The van der Waals surface area contributed by atoms with Crippen LogP contribution in [0.4, 0.5) is 0 Å². The summed E-state index contributed by atoms with van der Waals surface area (Å²) < 4.78 is 2.25. The first-order valence-electron chi connectivity index (χ1n) is 9.34. The molecule has 0 spiro atoms. The van der Waals surface area contributed by atoms with Gasteiger partial charge in [-0.2, -0.15) is 0 Å². The molecule has 0 saturated carbocycles. The van der Waals surface area contributed by atoms with Gasteiger partial charge in [-0.15, -0.1) is 0 Å². The fourth-order valence-corrected chi connectivity index (χ4v) is 3.24. The molecule has 4 aromatic rings. The number of amides is 1. The summed E-state index contributed by atoms with van der Waals surface area (Å²) in [6.45, 7) is 1.80. The zero-order valence-corrected chi connectivity index (χ0v) is 16.7. The van der Waals surface area contributed by atoms with E-state index >= 15 is 0 Å². The SMILES string of the molecule is CC(NC(=O)c1ccc2c(=O)n(C)c(=O)n(C)c2n1)c1ncc(-c2ccccc2)[nH]1. The minimum absolute atomic E-state index is 0.104. The van der Waals surface area contributed by atoms with Gasteiger partial charge in [0.25, 0.3) is 11.5 Å². The Morgan fingerprint density at radius 2 is 1.80 bits per heavy atom. The van der Waals surface area contributed by atoms with Crippen molar-refractivity contribution in [3.05, 3.63) is 81.0 Å². The number of nitrogens with zero attached hydrogens (tertiary/aromatic N) is 4. The van der Waals surface area contributed by atoms with Gasteiger partial charge in [0.1, 0.15) is 17.2 Å². The number of H-pyrrole nitrogens is 1. The first kappa shape index (κ1) is 19.3. The lowest BCUT2D eigenvalue weighted by Crippen LogP contribution is -2.37. The van der Waals surface area contributed by atoms with E-state index in [-0.39, 0.29) is 16.7 Å². The minimum Gasteiger partial charge on any atom is -0.341 e. The number of fused-ring (bicyclic) bond motifs is 1. The summed E-state index contributed by atoms with van der Waals surface area (Å²) in [6.07, 6.45) is 1.72. The van der Waals surface area contributed by atoms with Gasteiger partial charge in [0.15, 0.2) is 0 Å². The molecule has 9 nitrogen and oxygen atoms in total. The third-order valence-corrected chi connectivity index (χ3v) is 4.97. The number of hydrogen-bond donors (Lipinski definition) is 2. The highest BCUT2D eigenvalue weighted by molar-refractivity contribution is 5.94. The molecule has 1 aromatic carbocycles. The Balaban J connectivity index is 1.60. The quantitative estimate of drug-likeness (QED) is 0.535. The van der Waals surface area contributed by atoms with Crippen molar-refractivity contribution < 1.29 is 4.79 Å². The maximum absolute atomic E-state index is 12.7. The van der Waals surface area contributed by atoms with E-state index in [1.807, 2.05) is 30.3 Å². The molecule has 9 heteroatoms. The molecule has 4 rings (SSSR count). The maximum Gasteiger partial charge on any atom is 0.332 e. The number of carbonyl (C=O) groups excluding carboxylic acids is 1. The zero-order valence-electron chi connectivity index (χ0n) is 16.7. The molecule has 1 atom stereocenters. The topological polar surface area (TPSA) is 115 Å². The van der Waals surface area contributed by atoms with Crippen LogP contribution in [0.15, 0.2) is 58.3 Å². The van der Waals surface area contributed by atoms with E-state index in [2.05, 4.69) is 20.3 Å². The number of rotatable bonds is 4. The standard InChI is InChI=1S/C21H20N6O3/c1-12(17-22-11-16(24-17)13-7-5-4-6-8-13)23-19(28)15-10-9-14-18(25-15)26(2)21(30)27(3)20(14)29/h4-12H,1-3H3,(H,22,24)(H,23,28). The average Bonchev–Trinajstić information content (AvgIpc) is 3.27. The van der Waals surface area contributed by atoms with Crippen LogP contribution in [0, 0.1) is 0 Å². The van der Waals surface area contributed by atoms with Crippen molar-refractivity contribution >= 4 is 16.9 Å². The number of pyridine rings is 1. The smallest absolute Gasteiger partial charge is 0.332 e. The van der Waals surface area contributed by atoms with Crippen LogP contribution in [-0.4, -0.2) is 30.0 Å². The van der Waals surface area contributed by atoms with Crippen LogP contribution in [0.1, 0.15) is 29.3 Å². The summed E-state index contributed by atoms with van der Waals surface area (Å²) in [7, 11) is 2.91. The summed E-state index contributed by atoms with van der Waals surface area (Å²) in [5, 5.41) is 3.10. The monoisotopic (exact) mass is 404 g/mol. The van der Waals surface area contributed by atoms with E-state index in [1.54, 1.807) is 13.1 Å². The summed E-state index contributed by atoms with van der Waals surface area (Å²) in [4.78, 5) is 48.9. The lowest BCUT2D eigenvalue weighted by atomic mass is 10.2. The van der Waals surface area contributed by atoms with Crippen molar-refractivity contribution in [3.8, 4) is 11.3 Å². The van der Waals surface area contributed by atoms with Crippen molar-refractivity contribution in [2.24, 2.45) is 14.1 Å². The molecule has 0 bridgehead atoms. The number of aromatic nitrogens is 5. The Labute approximate surface area is 171 Å². The molecule has 152 valence electrons. The molecule has 3 heterocycles. The molecule has 0 radical (unpaired) electrons. The maximum atomic E-state index is 12.7. The largest absolute Gasteiger partial charge is 0.341 e.